The molecule has 2 aromatic carbocycles. The third kappa shape index (κ3) is 5.47. The van der Waals surface area contributed by atoms with Crippen molar-refractivity contribution in [3.63, 3.8) is 0 Å². The average molecular weight is 422 g/mol. The van der Waals surface area contributed by atoms with Crippen LogP contribution in [-0.4, -0.2) is 44.0 Å². The van der Waals surface area contributed by atoms with Crippen LogP contribution in [-0.2, 0) is 9.53 Å². The van der Waals surface area contributed by atoms with E-state index in [1.807, 2.05) is 0 Å². The van der Waals surface area contributed by atoms with Crippen molar-refractivity contribution in [3.05, 3.63) is 69.3 Å². The Balaban J connectivity index is 2.30. The number of methoxy groups -OCH3 is 1. The molecular weight excluding hydrogens is 402 g/mol. The Bertz CT molecular complexity index is 955. The second-order valence-corrected chi connectivity index (χ2v) is 6.10. The third-order valence-corrected chi connectivity index (χ3v) is 4.14. The molecule has 0 heterocycles. The Hall–Kier alpha value is -3.60. The molecule has 1 unspecified atom stereocenters. The van der Waals surface area contributed by atoms with E-state index in [2.05, 4.69) is 16.0 Å². The average Bonchev–Trinajstić information content (AvgIpc) is 2.73. The molecule has 0 aliphatic carbocycles. The van der Waals surface area contributed by atoms with Gasteiger partial charge in [-0.2, -0.15) is 0 Å². The standard InChI is InChI=1S/C19H20F2N4O5/c1-22-19(27)17(11-3-5-13(20)14(21)9-11)24-18(26)12-4-6-15(23-7-8-30-2)16(10-12)25(28)29/h3-6,9-10,17,23H,7-8H2,1-2H3,(H,22,27)(H,24,26). The number of nitrogens with zero attached hydrogens (tertiary/aromatic N) is 1. The van der Waals surface area contributed by atoms with E-state index in [1.165, 1.54) is 26.3 Å². The summed E-state index contributed by atoms with van der Waals surface area (Å²) in [6.45, 7) is 0.638. The summed E-state index contributed by atoms with van der Waals surface area (Å²) in [4.78, 5) is 35.5. The maximum Gasteiger partial charge on any atom is 0.293 e. The fourth-order valence-corrected chi connectivity index (χ4v) is 2.61. The van der Waals surface area contributed by atoms with Crippen LogP contribution >= 0.6 is 0 Å². The van der Waals surface area contributed by atoms with Crippen LogP contribution in [0.3, 0.4) is 0 Å². The molecule has 9 nitrogen and oxygen atoms in total. The van der Waals surface area contributed by atoms with Crippen molar-refractivity contribution in [2.45, 2.75) is 6.04 Å². The summed E-state index contributed by atoms with van der Waals surface area (Å²) in [6.07, 6.45) is 0. The monoisotopic (exact) mass is 422 g/mol. The highest BCUT2D eigenvalue weighted by molar-refractivity contribution is 5.99. The number of hydrogen-bond acceptors (Lipinski definition) is 6. The molecule has 0 spiro atoms. The molecule has 0 radical (unpaired) electrons. The summed E-state index contributed by atoms with van der Waals surface area (Å²) in [5, 5.41) is 18.9. The van der Waals surface area contributed by atoms with Crippen LogP contribution in [0.5, 0.6) is 0 Å². The van der Waals surface area contributed by atoms with E-state index in [4.69, 9.17) is 4.74 Å². The maximum atomic E-state index is 13.6. The zero-order valence-electron chi connectivity index (χ0n) is 16.2. The van der Waals surface area contributed by atoms with Gasteiger partial charge < -0.3 is 20.7 Å². The topological polar surface area (TPSA) is 123 Å². The first-order chi connectivity index (χ1) is 14.3. The summed E-state index contributed by atoms with van der Waals surface area (Å²) < 4.78 is 31.6. The van der Waals surface area contributed by atoms with Gasteiger partial charge in [0, 0.05) is 32.3 Å². The van der Waals surface area contributed by atoms with Gasteiger partial charge in [-0.15, -0.1) is 0 Å². The van der Waals surface area contributed by atoms with E-state index in [9.17, 15) is 28.5 Å². The lowest BCUT2D eigenvalue weighted by Crippen LogP contribution is -2.39. The van der Waals surface area contributed by atoms with Crippen molar-refractivity contribution < 1.29 is 28.0 Å². The molecule has 2 rings (SSSR count). The zero-order valence-corrected chi connectivity index (χ0v) is 16.2. The van der Waals surface area contributed by atoms with Crippen LogP contribution in [0.15, 0.2) is 36.4 Å². The van der Waals surface area contributed by atoms with E-state index in [0.29, 0.717) is 13.2 Å². The first-order valence-electron chi connectivity index (χ1n) is 8.77. The lowest BCUT2D eigenvalue weighted by Gasteiger charge is -2.18. The second kappa shape index (κ2) is 10.3. The normalized spacial score (nSPS) is 11.5. The molecule has 11 heteroatoms. The highest BCUT2D eigenvalue weighted by Gasteiger charge is 2.25. The molecule has 3 N–H and O–H groups in total. The maximum absolute atomic E-state index is 13.6. The highest BCUT2D eigenvalue weighted by Crippen LogP contribution is 2.26. The molecule has 0 saturated carbocycles. The molecular formula is C19H20F2N4O5. The third-order valence-electron chi connectivity index (χ3n) is 4.14. The molecule has 0 saturated heterocycles. The number of carbonyl (C=O) groups excluding carboxylic acids is 2. The molecule has 30 heavy (non-hydrogen) atoms. The molecule has 0 aromatic heterocycles. The van der Waals surface area contributed by atoms with Crippen molar-refractivity contribution in [1.82, 2.24) is 10.6 Å². The van der Waals surface area contributed by atoms with Gasteiger partial charge in [-0.3, -0.25) is 19.7 Å². The fourth-order valence-electron chi connectivity index (χ4n) is 2.61. The van der Waals surface area contributed by atoms with Gasteiger partial charge in [0.15, 0.2) is 11.6 Å². The number of halogens is 2. The number of hydrogen-bond donors (Lipinski definition) is 3. The highest BCUT2D eigenvalue weighted by atomic mass is 19.2. The van der Waals surface area contributed by atoms with E-state index in [-0.39, 0.29) is 22.5 Å². The molecule has 0 aliphatic rings. The molecule has 2 amide bonds. The van der Waals surface area contributed by atoms with Gasteiger partial charge in [-0.1, -0.05) is 6.07 Å². The number of amides is 2. The minimum Gasteiger partial charge on any atom is -0.383 e. The van der Waals surface area contributed by atoms with Crippen molar-refractivity contribution in [2.75, 3.05) is 32.6 Å². The van der Waals surface area contributed by atoms with Gasteiger partial charge >= 0.3 is 0 Å². The van der Waals surface area contributed by atoms with Crippen molar-refractivity contribution in [3.8, 4) is 0 Å². The number of benzene rings is 2. The van der Waals surface area contributed by atoms with Crippen molar-refractivity contribution >= 4 is 23.2 Å². The van der Waals surface area contributed by atoms with Crippen LogP contribution in [0.1, 0.15) is 22.0 Å². The van der Waals surface area contributed by atoms with Crippen LogP contribution < -0.4 is 16.0 Å². The van der Waals surface area contributed by atoms with Crippen molar-refractivity contribution in [1.29, 1.82) is 0 Å². The smallest absolute Gasteiger partial charge is 0.293 e. The van der Waals surface area contributed by atoms with Gasteiger partial charge in [-0.25, -0.2) is 8.78 Å². The Morgan fingerprint density at radius 1 is 1.17 bits per heavy atom. The van der Waals surface area contributed by atoms with Crippen LogP contribution in [0.4, 0.5) is 20.2 Å². The first kappa shape index (κ1) is 22.7. The predicted molar refractivity (Wildman–Crippen MR) is 104 cm³/mol. The largest absolute Gasteiger partial charge is 0.383 e. The van der Waals surface area contributed by atoms with E-state index in [0.717, 1.165) is 24.3 Å². The number of nitro benzene ring substituents is 1. The van der Waals surface area contributed by atoms with Gasteiger partial charge in [0.05, 0.1) is 11.5 Å². The minimum atomic E-state index is -1.34. The summed E-state index contributed by atoms with van der Waals surface area (Å²) in [7, 11) is 2.80. The summed E-state index contributed by atoms with van der Waals surface area (Å²) in [5.41, 5.74) is -0.232. The number of nitro groups is 1. The summed E-state index contributed by atoms with van der Waals surface area (Å²) >= 11 is 0. The van der Waals surface area contributed by atoms with Gasteiger partial charge in [0.25, 0.3) is 11.6 Å². The van der Waals surface area contributed by atoms with E-state index >= 15 is 0 Å². The molecule has 1 atom stereocenters. The van der Waals surface area contributed by atoms with Crippen LogP contribution in [0, 0.1) is 21.7 Å². The van der Waals surface area contributed by atoms with Gasteiger partial charge in [0.2, 0.25) is 5.91 Å². The fraction of sp³-hybridized carbons (Fsp3) is 0.263. The molecule has 2 aromatic rings. The van der Waals surface area contributed by atoms with Gasteiger partial charge in [-0.05, 0) is 29.8 Å². The Morgan fingerprint density at radius 3 is 2.50 bits per heavy atom. The van der Waals surface area contributed by atoms with Crippen molar-refractivity contribution in [2.24, 2.45) is 0 Å². The Kier molecular flexibility index (Phi) is 7.76. The Morgan fingerprint density at radius 2 is 1.90 bits per heavy atom. The quantitative estimate of drug-likeness (QED) is 0.323. The molecule has 0 bridgehead atoms. The van der Waals surface area contributed by atoms with Crippen LogP contribution in [0.25, 0.3) is 0 Å². The zero-order chi connectivity index (χ0) is 22.3. The predicted octanol–water partition coefficient (Wildman–Crippen LogP) is 2.15. The van der Waals surface area contributed by atoms with Crippen LogP contribution in [0.2, 0.25) is 0 Å². The first-order valence-corrected chi connectivity index (χ1v) is 8.77. The number of rotatable bonds is 9. The number of nitrogens with one attached hydrogen (secondary N) is 3. The number of likely N-dealkylation sites (N-methyl/N-ethyl adjacent to an activating group) is 1. The van der Waals surface area contributed by atoms with Gasteiger partial charge in [0.1, 0.15) is 11.7 Å². The number of ether oxygens (including phenoxy) is 1. The molecule has 160 valence electrons. The lowest BCUT2D eigenvalue weighted by molar-refractivity contribution is -0.384. The second-order valence-electron chi connectivity index (χ2n) is 6.10. The summed E-state index contributed by atoms with van der Waals surface area (Å²) in [5.74, 6) is -3.77. The lowest BCUT2D eigenvalue weighted by atomic mass is 10.0. The molecule has 0 fully saturated rings. The Labute approximate surface area is 170 Å². The number of carbonyl (C=O) groups is 2. The SMILES string of the molecule is CNC(=O)C(NC(=O)c1ccc(NCCOC)c([N+](=O)[O-])c1)c1ccc(F)c(F)c1. The van der Waals surface area contributed by atoms with E-state index in [1.54, 1.807) is 0 Å². The molecule has 0 aliphatic heterocycles. The minimum absolute atomic E-state index is 0.00829. The summed E-state index contributed by atoms with van der Waals surface area (Å²) in [6, 6.07) is 5.19. The number of anilines is 1. The van der Waals surface area contributed by atoms with E-state index < -0.39 is 34.4 Å².